The van der Waals surface area contributed by atoms with Gasteiger partial charge < -0.3 is 14.6 Å². The molecule has 3 heterocycles. The van der Waals surface area contributed by atoms with Crippen molar-refractivity contribution >= 4 is 0 Å². The molecule has 0 saturated carbocycles. The first-order valence-corrected chi connectivity index (χ1v) is 5.77. The molecule has 2 aliphatic heterocycles. The van der Waals surface area contributed by atoms with E-state index in [1.54, 1.807) is 6.92 Å². The molecular weight excluding hydrogens is 240 g/mol. The van der Waals surface area contributed by atoms with Crippen molar-refractivity contribution in [3.63, 3.8) is 0 Å². The molecule has 18 heavy (non-hydrogen) atoms. The topological polar surface area (TPSA) is 93.6 Å². The molecule has 2 saturated heterocycles. The van der Waals surface area contributed by atoms with Crippen LogP contribution in [0.5, 0.6) is 0 Å². The van der Waals surface area contributed by atoms with Gasteiger partial charge in [0.15, 0.2) is 6.23 Å². The minimum atomic E-state index is -0.710. The molecule has 3 rings (SSSR count). The molecule has 0 aromatic carbocycles. The van der Waals surface area contributed by atoms with Crippen LogP contribution >= 0.6 is 0 Å². The highest BCUT2D eigenvalue weighted by Gasteiger charge is 2.54. The van der Waals surface area contributed by atoms with Crippen molar-refractivity contribution in [2.45, 2.75) is 31.3 Å². The highest BCUT2D eigenvalue weighted by Crippen LogP contribution is 2.43. The van der Waals surface area contributed by atoms with Gasteiger partial charge in [-0.3, -0.25) is 14.3 Å². The Morgan fingerprint density at radius 3 is 3.06 bits per heavy atom. The number of aliphatic hydroxyl groups excluding tert-OH is 1. The maximum absolute atomic E-state index is 11.8. The van der Waals surface area contributed by atoms with Gasteiger partial charge in [0, 0.05) is 18.2 Å². The maximum atomic E-state index is 11.8. The van der Waals surface area contributed by atoms with Crippen molar-refractivity contribution in [2.24, 2.45) is 0 Å². The molecular formula is C11H14N2O5. The Hall–Kier alpha value is -1.44. The molecule has 0 aliphatic carbocycles. The number of aryl methyl sites for hydroxylation is 1. The second-order valence-electron chi connectivity index (χ2n) is 4.88. The van der Waals surface area contributed by atoms with E-state index in [4.69, 9.17) is 9.47 Å². The van der Waals surface area contributed by atoms with Crippen LogP contribution in [0.3, 0.4) is 0 Å². The zero-order valence-corrected chi connectivity index (χ0v) is 9.88. The molecule has 1 aromatic heterocycles. The van der Waals surface area contributed by atoms with E-state index in [-0.39, 0.29) is 12.7 Å². The first-order chi connectivity index (χ1) is 8.54. The number of hydrogen-bond donors (Lipinski definition) is 2. The van der Waals surface area contributed by atoms with Gasteiger partial charge in [0.25, 0.3) is 5.56 Å². The summed E-state index contributed by atoms with van der Waals surface area (Å²) in [5, 5.41) is 9.33. The number of aromatic nitrogens is 2. The number of hydrogen-bond acceptors (Lipinski definition) is 5. The second-order valence-corrected chi connectivity index (χ2v) is 4.88. The Labute approximate surface area is 102 Å². The minimum absolute atomic E-state index is 0.142. The van der Waals surface area contributed by atoms with E-state index >= 15 is 0 Å². The lowest BCUT2D eigenvalue weighted by Crippen LogP contribution is -2.42. The number of ether oxygens (including phenoxy) is 2. The predicted octanol–water partition coefficient (Wildman–Crippen LogP) is -1.11. The molecule has 98 valence electrons. The molecule has 3 unspecified atom stereocenters. The lowest BCUT2D eigenvalue weighted by atomic mass is 10.0. The van der Waals surface area contributed by atoms with Crippen molar-refractivity contribution in [2.75, 3.05) is 13.2 Å². The van der Waals surface area contributed by atoms with Crippen molar-refractivity contribution in [1.29, 1.82) is 0 Å². The van der Waals surface area contributed by atoms with Crippen LogP contribution in [-0.2, 0) is 9.47 Å². The molecule has 7 nitrogen and oxygen atoms in total. The lowest BCUT2D eigenvalue weighted by molar-refractivity contribution is -0.184. The maximum Gasteiger partial charge on any atom is 0.330 e. The number of rotatable bonds is 2. The Morgan fingerprint density at radius 1 is 1.61 bits per heavy atom. The van der Waals surface area contributed by atoms with Gasteiger partial charge in [-0.2, -0.15) is 0 Å². The summed E-state index contributed by atoms with van der Waals surface area (Å²) < 4.78 is 12.5. The van der Waals surface area contributed by atoms with Gasteiger partial charge in [-0.25, -0.2) is 4.79 Å². The van der Waals surface area contributed by atoms with Gasteiger partial charge in [0.1, 0.15) is 11.7 Å². The fourth-order valence-electron chi connectivity index (χ4n) is 2.50. The van der Waals surface area contributed by atoms with Crippen LogP contribution in [-0.4, -0.2) is 39.6 Å². The van der Waals surface area contributed by atoms with E-state index in [9.17, 15) is 14.7 Å². The normalized spacial score (nSPS) is 34.1. The van der Waals surface area contributed by atoms with Crippen molar-refractivity contribution in [1.82, 2.24) is 9.55 Å². The van der Waals surface area contributed by atoms with Gasteiger partial charge in [0.2, 0.25) is 0 Å². The second kappa shape index (κ2) is 3.78. The van der Waals surface area contributed by atoms with E-state index < -0.39 is 23.1 Å². The summed E-state index contributed by atoms with van der Waals surface area (Å²) in [7, 11) is 0. The molecule has 2 bridgehead atoms. The number of nitrogens with zero attached hydrogens (tertiary/aromatic N) is 1. The smallest absolute Gasteiger partial charge is 0.330 e. The Bertz CT molecular complexity index is 592. The summed E-state index contributed by atoms with van der Waals surface area (Å²) in [6.07, 6.45) is 1.16. The average molecular weight is 254 g/mol. The van der Waals surface area contributed by atoms with E-state index in [0.29, 0.717) is 18.6 Å². The first-order valence-electron chi connectivity index (χ1n) is 5.77. The molecule has 2 N–H and O–H groups in total. The lowest BCUT2D eigenvalue weighted by Gasteiger charge is -2.29. The third kappa shape index (κ3) is 1.55. The molecule has 3 atom stereocenters. The zero-order chi connectivity index (χ0) is 12.9. The van der Waals surface area contributed by atoms with Crippen LogP contribution in [0, 0.1) is 6.92 Å². The first kappa shape index (κ1) is 11.6. The van der Waals surface area contributed by atoms with Crippen LogP contribution < -0.4 is 11.2 Å². The monoisotopic (exact) mass is 254 g/mol. The van der Waals surface area contributed by atoms with Crippen LogP contribution in [0.15, 0.2) is 15.8 Å². The number of aliphatic hydroxyl groups is 1. The summed E-state index contributed by atoms with van der Waals surface area (Å²) in [5.41, 5.74) is -1.21. The van der Waals surface area contributed by atoms with Crippen molar-refractivity contribution < 1.29 is 14.6 Å². The summed E-state index contributed by atoms with van der Waals surface area (Å²) in [6.45, 7) is 1.81. The summed E-state index contributed by atoms with van der Waals surface area (Å²) in [5.74, 6) is 0. The molecule has 0 spiro atoms. The molecule has 2 fully saturated rings. The molecule has 0 amide bonds. The standard InChI is InChI=1S/C11H14N2O5/c1-6-3-13(10(16)12-8(6)15)9-7-2-11(4-14,18-9)5-17-7/h3,7,9,14H,2,4-5H2,1H3,(H,12,15,16). The van der Waals surface area contributed by atoms with Gasteiger partial charge in [0.05, 0.1) is 13.2 Å². The van der Waals surface area contributed by atoms with E-state index in [1.807, 2.05) is 0 Å². The van der Waals surface area contributed by atoms with Crippen LogP contribution in [0.1, 0.15) is 18.2 Å². The molecule has 1 aromatic rings. The number of H-pyrrole nitrogens is 1. The van der Waals surface area contributed by atoms with Crippen LogP contribution in [0.2, 0.25) is 0 Å². The predicted molar refractivity (Wildman–Crippen MR) is 60.4 cm³/mol. The highest BCUT2D eigenvalue weighted by atomic mass is 16.6. The molecule has 2 aliphatic rings. The molecule has 0 radical (unpaired) electrons. The van der Waals surface area contributed by atoms with Gasteiger partial charge in [-0.05, 0) is 6.92 Å². The third-order valence-corrected chi connectivity index (χ3v) is 3.53. The summed E-state index contributed by atoms with van der Waals surface area (Å²) >= 11 is 0. The average Bonchev–Trinajstić information content (AvgIpc) is 2.92. The van der Waals surface area contributed by atoms with Gasteiger partial charge >= 0.3 is 5.69 Å². The third-order valence-electron chi connectivity index (χ3n) is 3.53. The SMILES string of the molecule is Cc1cn(C2OC3(CO)COC2C3)c(=O)[nH]c1=O. The summed E-state index contributed by atoms with van der Waals surface area (Å²) in [4.78, 5) is 25.3. The Balaban J connectivity index is 2.01. The molecule has 7 heteroatoms. The van der Waals surface area contributed by atoms with Gasteiger partial charge in [-0.15, -0.1) is 0 Å². The summed E-state index contributed by atoms with van der Waals surface area (Å²) in [6, 6.07) is 0. The number of nitrogens with one attached hydrogen (secondary N) is 1. The van der Waals surface area contributed by atoms with Crippen molar-refractivity contribution in [3.05, 3.63) is 32.6 Å². The fourth-order valence-corrected chi connectivity index (χ4v) is 2.50. The quantitative estimate of drug-likeness (QED) is 0.698. The zero-order valence-electron chi connectivity index (χ0n) is 9.88. The minimum Gasteiger partial charge on any atom is -0.393 e. The van der Waals surface area contributed by atoms with E-state index in [2.05, 4.69) is 4.98 Å². The van der Waals surface area contributed by atoms with E-state index in [1.165, 1.54) is 10.8 Å². The Morgan fingerprint density at radius 2 is 2.39 bits per heavy atom. The van der Waals surface area contributed by atoms with Gasteiger partial charge in [-0.1, -0.05) is 0 Å². The van der Waals surface area contributed by atoms with Crippen LogP contribution in [0.4, 0.5) is 0 Å². The van der Waals surface area contributed by atoms with Crippen molar-refractivity contribution in [3.8, 4) is 0 Å². The van der Waals surface area contributed by atoms with Crippen LogP contribution in [0.25, 0.3) is 0 Å². The van der Waals surface area contributed by atoms with E-state index in [0.717, 1.165) is 0 Å². The number of fused-ring (bicyclic) bond motifs is 2. The fraction of sp³-hybridized carbons (Fsp3) is 0.636. The Kier molecular flexibility index (Phi) is 2.44. The largest absolute Gasteiger partial charge is 0.393 e. The number of aromatic amines is 1. The highest BCUT2D eigenvalue weighted by molar-refractivity contribution is 5.05.